The summed E-state index contributed by atoms with van der Waals surface area (Å²) >= 11 is 5.95. The Morgan fingerprint density at radius 1 is 1.08 bits per heavy atom. The van der Waals surface area contributed by atoms with Crippen LogP contribution in [0.25, 0.3) is 11.0 Å². The van der Waals surface area contributed by atoms with Crippen LogP contribution in [-0.4, -0.2) is 33.2 Å². The first-order chi connectivity index (χ1) is 11.6. The van der Waals surface area contributed by atoms with Gasteiger partial charge in [0.25, 0.3) is 0 Å². The molecular formula is C18H20ClN4O+. The molecule has 0 bridgehead atoms. The van der Waals surface area contributed by atoms with Crippen LogP contribution in [0.1, 0.15) is 18.4 Å². The smallest absolute Gasteiger partial charge is 0.175 e. The van der Waals surface area contributed by atoms with Crippen molar-refractivity contribution in [3.63, 3.8) is 0 Å². The lowest BCUT2D eigenvalue weighted by Crippen LogP contribution is -3.12. The Balaban J connectivity index is 1.45. The number of benzene rings is 2. The van der Waals surface area contributed by atoms with E-state index in [0.29, 0.717) is 5.02 Å². The Bertz CT molecular complexity index is 838. The van der Waals surface area contributed by atoms with Crippen LogP contribution >= 0.6 is 11.6 Å². The van der Waals surface area contributed by atoms with Crippen LogP contribution in [0.4, 0.5) is 0 Å². The largest absolute Gasteiger partial charge is 0.385 e. The molecule has 1 aromatic heterocycles. The van der Waals surface area contributed by atoms with Crippen molar-refractivity contribution >= 4 is 22.6 Å². The summed E-state index contributed by atoms with van der Waals surface area (Å²) in [6.45, 7) is 2.57. The molecule has 24 heavy (non-hydrogen) atoms. The predicted molar refractivity (Wildman–Crippen MR) is 92.8 cm³/mol. The van der Waals surface area contributed by atoms with Crippen LogP contribution in [0, 0.1) is 0 Å². The molecule has 0 spiro atoms. The Hall–Kier alpha value is -1.95. The van der Waals surface area contributed by atoms with Crippen LogP contribution in [-0.2, 0) is 12.3 Å². The predicted octanol–water partition coefficient (Wildman–Crippen LogP) is 1.61. The van der Waals surface area contributed by atoms with Gasteiger partial charge < -0.3 is 10.0 Å². The van der Waals surface area contributed by atoms with E-state index in [1.54, 1.807) is 0 Å². The zero-order chi connectivity index (χ0) is 16.6. The van der Waals surface area contributed by atoms with Gasteiger partial charge in [-0.1, -0.05) is 41.1 Å². The van der Waals surface area contributed by atoms with E-state index in [0.717, 1.165) is 49.2 Å². The summed E-state index contributed by atoms with van der Waals surface area (Å²) in [4.78, 5) is 1.41. The lowest BCUT2D eigenvalue weighted by atomic mass is 9.84. The van der Waals surface area contributed by atoms with Crippen molar-refractivity contribution in [1.82, 2.24) is 15.0 Å². The fourth-order valence-electron chi connectivity index (χ4n) is 3.47. The number of nitrogens with one attached hydrogen (secondary N) is 1. The molecule has 1 aliphatic rings. The summed E-state index contributed by atoms with van der Waals surface area (Å²) in [6, 6.07) is 15.5. The number of hydrogen-bond acceptors (Lipinski definition) is 3. The molecule has 6 heteroatoms. The Morgan fingerprint density at radius 2 is 1.79 bits per heavy atom. The van der Waals surface area contributed by atoms with Crippen LogP contribution < -0.4 is 4.90 Å². The Kier molecular flexibility index (Phi) is 4.00. The van der Waals surface area contributed by atoms with E-state index in [2.05, 4.69) is 10.3 Å². The fraction of sp³-hybridized carbons (Fsp3) is 0.333. The summed E-state index contributed by atoms with van der Waals surface area (Å²) in [7, 11) is 0. The molecule has 2 heterocycles. The Morgan fingerprint density at radius 3 is 2.54 bits per heavy atom. The van der Waals surface area contributed by atoms with Crippen LogP contribution in [0.5, 0.6) is 0 Å². The van der Waals surface area contributed by atoms with Gasteiger partial charge in [0.1, 0.15) is 11.1 Å². The third-order valence-electron chi connectivity index (χ3n) is 4.96. The molecule has 124 valence electrons. The highest BCUT2D eigenvalue weighted by molar-refractivity contribution is 6.30. The van der Waals surface area contributed by atoms with Crippen molar-refractivity contribution in [1.29, 1.82) is 0 Å². The molecule has 0 aliphatic carbocycles. The topological polar surface area (TPSA) is 55.4 Å². The van der Waals surface area contributed by atoms with Gasteiger partial charge in [0.15, 0.2) is 6.67 Å². The molecule has 0 unspecified atom stereocenters. The van der Waals surface area contributed by atoms with Gasteiger partial charge in [-0.15, -0.1) is 5.10 Å². The number of halogens is 1. The lowest BCUT2D eigenvalue weighted by Gasteiger charge is -2.36. The fourth-order valence-corrected chi connectivity index (χ4v) is 3.60. The molecule has 3 aromatic rings. The van der Waals surface area contributed by atoms with E-state index in [1.807, 2.05) is 53.2 Å². The van der Waals surface area contributed by atoms with Gasteiger partial charge in [-0.25, -0.2) is 0 Å². The number of para-hydroxylation sites is 1. The molecule has 0 atom stereocenters. The number of quaternary nitrogens is 1. The van der Waals surface area contributed by atoms with Crippen LogP contribution in [0.2, 0.25) is 5.02 Å². The van der Waals surface area contributed by atoms with E-state index < -0.39 is 5.60 Å². The van der Waals surface area contributed by atoms with Gasteiger partial charge in [0.2, 0.25) is 0 Å². The van der Waals surface area contributed by atoms with E-state index in [-0.39, 0.29) is 0 Å². The summed E-state index contributed by atoms with van der Waals surface area (Å²) in [5.74, 6) is 0. The number of likely N-dealkylation sites (tertiary alicyclic amines) is 1. The number of piperidine rings is 1. The zero-order valence-electron chi connectivity index (χ0n) is 13.3. The summed E-state index contributed by atoms with van der Waals surface area (Å²) in [5, 5.41) is 20.1. The maximum atomic E-state index is 11.0. The number of nitrogens with zero attached hydrogens (tertiary/aromatic N) is 3. The molecule has 2 aromatic carbocycles. The maximum absolute atomic E-state index is 11.0. The summed E-state index contributed by atoms with van der Waals surface area (Å²) < 4.78 is 1.96. The second kappa shape index (κ2) is 6.16. The number of aliphatic hydroxyl groups is 1. The minimum atomic E-state index is -0.751. The van der Waals surface area contributed by atoms with E-state index >= 15 is 0 Å². The minimum absolute atomic E-state index is 0.698. The van der Waals surface area contributed by atoms with Gasteiger partial charge >= 0.3 is 0 Å². The third-order valence-corrected chi connectivity index (χ3v) is 5.21. The summed E-state index contributed by atoms with van der Waals surface area (Å²) in [6.07, 6.45) is 1.47. The highest BCUT2D eigenvalue weighted by atomic mass is 35.5. The molecule has 0 saturated carbocycles. The highest BCUT2D eigenvalue weighted by Gasteiger charge is 2.36. The first-order valence-corrected chi connectivity index (χ1v) is 8.62. The molecule has 5 nitrogen and oxygen atoms in total. The molecule has 1 aliphatic heterocycles. The molecule has 0 amide bonds. The monoisotopic (exact) mass is 343 g/mol. The first-order valence-electron chi connectivity index (χ1n) is 8.24. The van der Waals surface area contributed by atoms with Gasteiger partial charge in [-0.05, 0) is 29.8 Å². The molecule has 1 saturated heterocycles. The second-order valence-electron chi connectivity index (χ2n) is 6.52. The van der Waals surface area contributed by atoms with Crippen LogP contribution in [0.15, 0.2) is 48.5 Å². The normalized spacial score (nSPS) is 24.3. The van der Waals surface area contributed by atoms with Crippen LogP contribution in [0.3, 0.4) is 0 Å². The maximum Gasteiger partial charge on any atom is 0.175 e. The first kappa shape index (κ1) is 15.6. The van der Waals surface area contributed by atoms with Crippen molar-refractivity contribution in [2.24, 2.45) is 0 Å². The van der Waals surface area contributed by atoms with Gasteiger partial charge in [0, 0.05) is 17.9 Å². The number of fused-ring (bicyclic) bond motifs is 1. The van der Waals surface area contributed by atoms with Gasteiger partial charge in [-0.3, -0.25) is 0 Å². The molecule has 4 rings (SSSR count). The van der Waals surface area contributed by atoms with E-state index in [9.17, 15) is 5.11 Å². The number of aromatic nitrogens is 3. The van der Waals surface area contributed by atoms with E-state index in [4.69, 9.17) is 11.6 Å². The molecule has 1 fully saturated rings. The van der Waals surface area contributed by atoms with Crippen molar-refractivity contribution in [2.45, 2.75) is 25.1 Å². The van der Waals surface area contributed by atoms with Gasteiger partial charge in [0.05, 0.1) is 18.6 Å². The second-order valence-corrected chi connectivity index (χ2v) is 6.96. The average molecular weight is 344 g/mol. The number of hydrogen-bond donors (Lipinski definition) is 2. The average Bonchev–Trinajstić information content (AvgIpc) is 3.01. The number of rotatable bonds is 3. The highest BCUT2D eigenvalue weighted by Crippen LogP contribution is 2.30. The third kappa shape index (κ3) is 2.90. The SMILES string of the molecule is OC1(c2ccc(Cl)cc2)CC[NH+](Cn2nnc3ccccc32)CC1. The van der Waals surface area contributed by atoms with Crippen molar-refractivity contribution in [3.8, 4) is 0 Å². The molecular weight excluding hydrogens is 324 g/mol. The Labute approximate surface area is 145 Å². The van der Waals surface area contributed by atoms with Crippen molar-refractivity contribution < 1.29 is 10.0 Å². The van der Waals surface area contributed by atoms with E-state index in [1.165, 1.54) is 4.90 Å². The lowest BCUT2D eigenvalue weighted by molar-refractivity contribution is -0.930. The minimum Gasteiger partial charge on any atom is -0.385 e. The molecule has 0 radical (unpaired) electrons. The van der Waals surface area contributed by atoms with Crippen molar-refractivity contribution in [2.75, 3.05) is 13.1 Å². The van der Waals surface area contributed by atoms with Crippen molar-refractivity contribution in [3.05, 3.63) is 59.1 Å². The molecule has 2 N–H and O–H groups in total. The zero-order valence-corrected chi connectivity index (χ0v) is 14.1. The summed E-state index contributed by atoms with van der Waals surface area (Å²) in [5.41, 5.74) is 2.19. The van der Waals surface area contributed by atoms with Gasteiger partial charge in [-0.2, -0.15) is 4.68 Å². The quantitative estimate of drug-likeness (QED) is 0.759. The standard InChI is InChI=1S/C18H19ClN4O/c19-15-7-5-14(6-8-15)18(24)9-11-22(12-10-18)13-23-17-4-2-1-3-16(17)20-21-23/h1-8,24H,9-13H2/p+1.